The third-order valence-corrected chi connectivity index (χ3v) is 5.41. The van der Waals surface area contributed by atoms with Crippen molar-refractivity contribution in [3.63, 3.8) is 0 Å². The van der Waals surface area contributed by atoms with E-state index < -0.39 is 17.7 Å². The van der Waals surface area contributed by atoms with Gasteiger partial charge in [-0.1, -0.05) is 17.3 Å². The van der Waals surface area contributed by atoms with Crippen LogP contribution in [0.15, 0.2) is 58.6 Å². The normalized spacial score (nSPS) is 17.6. The topological polar surface area (TPSA) is 102 Å². The minimum atomic E-state index is -0.896. The summed E-state index contributed by atoms with van der Waals surface area (Å²) in [5.74, 6) is 0.0538. The number of rotatable bonds is 5. The van der Waals surface area contributed by atoms with Crippen LogP contribution in [0.4, 0.5) is 5.82 Å². The first-order chi connectivity index (χ1) is 15.3. The Balaban J connectivity index is 1.92. The second kappa shape index (κ2) is 8.22. The SMILES string of the molecule is COc1ccc(C2C(=C(O)c3ccc(OC)c(C)c3)C(=O)C(=O)N2c2cc(C)on2)cc1. The van der Waals surface area contributed by atoms with Gasteiger partial charge in [-0.15, -0.1) is 0 Å². The molecule has 1 unspecified atom stereocenters. The Morgan fingerprint density at radius 2 is 1.75 bits per heavy atom. The van der Waals surface area contributed by atoms with Gasteiger partial charge in [0.25, 0.3) is 5.78 Å². The van der Waals surface area contributed by atoms with Crippen molar-refractivity contribution in [1.29, 1.82) is 0 Å². The average molecular weight is 434 g/mol. The number of carbonyl (C=O) groups excluding carboxylic acids is 2. The molecule has 0 spiro atoms. The number of hydrogen-bond acceptors (Lipinski definition) is 7. The van der Waals surface area contributed by atoms with Crippen LogP contribution in [-0.2, 0) is 9.59 Å². The van der Waals surface area contributed by atoms with Gasteiger partial charge in [0.05, 0.1) is 25.8 Å². The summed E-state index contributed by atoms with van der Waals surface area (Å²) >= 11 is 0. The number of aliphatic hydroxyl groups is 1. The fourth-order valence-electron chi connectivity index (χ4n) is 3.82. The molecule has 0 bridgehead atoms. The zero-order chi connectivity index (χ0) is 23.0. The van der Waals surface area contributed by atoms with Gasteiger partial charge in [0, 0.05) is 11.6 Å². The third-order valence-electron chi connectivity index (χ3n) is 5.41. The van der Waals surface area contributed by atoms with Gasteiger partial charge in [0.1, 0.15) is 23.0 Å². The van der Waals surface area contributed by atoms with Crippen molar-refractivity contribution in [3.05, 3.63) is 76.6 Å². The van der Waals surface area contributed by atoms with E-state index in [1.165, 1.54) is 4.90 Å². The van der Waals surface area contributed by atoms with Gasteiger partial charge in [-0.05, 0) is 55.3 Å². The molecule has 8 heteroatoms. The monoisotopic (exact) mass is 434 g/mol. The van der Waals surface area contributed by atoms with E-state index in [0.717, 1.165) is 5.56 Å². The van der Waals surface area contributed by atoms with Crippen molar-refractivity contribution in [2.24, 2.45) is 0 Å². The number of anilines is 1. The van der Waals surface area contributed by atoms with Crippen molar-refractivity contribution in [1.82, 2.24) is 5.16 Å². The summed E-state index contributed by atoms with van der Waals surface area (Å²) in [5, 5.41) is 15.1. The van der Waals surface area contributed by atoms with Crippen molar-refractivity contribution in [2.45, 2.75) is 19.9 Å². The molecule has 0 saturated carbocycles. The summed E-state index contributed by atoms with van der Waals surface area (Å²) in [6, 6.07) is 12.6. The van der Waals surface area contributed by atoms with E-state index in [0.29, 0.717) is 28.4 Å². The molecule has 3 aromatic rings. The first-order valence-electron chi connectivity index (χ1n) is 9.89. The average Bonchev–Trinajstić information content (AvgIpc) is 3.34. The maximum Gasteiger partial charge on any atom is 0.301 e. The molecule has 1 saturated heterocycles. The molecule has 164 valence electrons. The molecular weight excluding hydrogens is 412 g/mol. The number of nitrogens with zero attached hydrogens (tertiary/aromatic N) is 2. The predicted molar refractivity (Wildman–Crippen MR) is 117 cm³/mol. The van der Waals surface area contributed by atoms with E-state index in [-0.39, 0.29) is 17.2 Å². The minimum Gasteiger partial charge on any atom is -0.507 e. The van der Waals surface area contributed by atoms with Gasteiger partial charge in [0.2, 0.25) is 0 Å². The maximum atomic E-state index is 13.1. The number of Topliss-reactive ketones (excluding diaryl/α,β-unsaturated/α-hetero) is 1. The van der Waals surface area contributed by atoms with Crippen molar-refractivity contribution in [2.75, 3.05) is 19.1 Å². The molecule has 1 fully saturated rings. The lowest BCUT2D eigenvalue weighted by atomic mass is 9.94. The molecule has 8 nitrogen and oxygen atoms in total. The Hall–Kier alpha value is -4.07. The fourth-order valence-corrected chi connectivity index (χ4v) is 3.82. The molecule has 2 heterocycles. The van der Waals surface area contributed by atoms with Gasteiger partial charge in [0.15, 0.2) is 5.82 Å². The van der Waals surface area contributed by atoms with Crippen molar-refractivity contribution < 1.29 is 28.7 Å². The van der Waals surface area contributed by atoms with Gasteiger partial charge in [-0.2, -0.15) is 0 Å². The van der Waals surface area contributed by atoms with E-state index in [1.54, 1.807) is 69.7 Å². The second-order valence-corrected chi connectivity index (χ2v) is 7.42. The number of aryl methyl sites for hydroxylation is 2. The first kappa shape index (κ1) is 21.2. The summed E-state index contributed by atoms with van der Waals surface area (Å²) in [6.45, 7) is 3.52. The highest BCUT2D eigenvalue weighted by Gasteiger charge is 2.48. The Morgan fingerprint density at radius 3 is 2.31 bits per heavy atom. The highest BCUT2D eigenvalue weighted by Crippen LogP contribution is 2.42. The van der Waals surface area contributed by atoms with Crippen LogP contribution in [-0.4, -0.2) is 36.2 Å². The maximum absolute atomic E-state index is 13.1. The molecule has 1 aliphatic heterocycles. The number of aromatic nitrogens is 1. The molecule has 1 aliphatic rings. The van der Waals surface area contributed by atoms with E-state index in [2.05, 4.69) is 5.16 Å². The quantitative estimate of drug-likeness (QED) is 0.369. The molecule has 4 rings (SSSR count). The number of ether oxygens (including phenoxy) is 2. The molecule has 1 atom stereocenters. The van der Waals surface area contributed by atoms with Crippen molar-refractivity contribution >= 4 is 23.3 Å². The van der Waals surface area contributed by atoms with Gasteiger partial charge in [-0.25, -0.2) is 0 Å². The number of hydrogen-bond donors (Lipinski definition) is 1. The van der Waals surface area contributed by atoms with Crippen LogP contribution in [0.2, 0.25) is 0 Å². The number of benzene rings is 2. The number of ketones is 1. The molecule has 1 N–H and O–H groups in total. The zero-order valence-corrected chi connectivity index (χ0v) is 18.1. The van der Waals surface area contributed by atoms with Crippen LogP contribution in [0.1, 0.15) is 28.5 Å². The van der Waals surface area contributed by atoms with E-state index in [1.807, 2.05) is 6.92 Å². The molecule has 1 amide bonds. The largest absolute Gasteiger partial charge is 0.507 e. The first-order valence-corrected chi connectivity index (χ1v) is 9.89. The smallest absolute Gasteiger partial charge is 0.301 e. The standard InChI is InChI=1S/C24H22N2O6/c1-13-11-16(7-10-18(13)31-4)22(27)20-21(15-5-8-17(30-3)9-6-15)26(24(29)23(20)28)19-12-14(2)32-25-19/h5-12,21,27H,1-4H3. The Morgan fingerprint density at radius 1 is 1.03 bits per heavy atom. The molecule has 0 aliphatic carbocycles. The molecule has 2 aromatic carbocycles. The van der Waals surface area contributed by atoms with Crippen molar-refractivity contribution in [3.8, 4) is 11.5 Å². The summed E-state index contributed by atoms with van der Waals surface area (Å²) in [7, 11) is 3.10. The highest BCUT2D eigenvalue weighted by molar-refractivity contribution is 6.51. The summed E-state index contributed by atoms with van der Waals surface area (Å²) in [6.07, 6.45) is 0. The van der Waals surface area contributed by atoms with Crippen LogP contribution in [0.5, 0.6) is 11.5 Å². The summed E-state index contributed by atoms with van der Waals surface area (Å²) in [5.41, 5.74) is 1.75. The van der Waals surface area contributed by atoms with Gasteiger partial charge >= 0.3 is 5.91 Å². The lowest BCUT2D eigenvalue weighted by Crippen LogP contribution is -2.29. The van der Waals surface area contributed by atoms with E-state index in [4.69, 9.17) is 14.0 Å². The van der Waals surface area contributed by atoms with Crippen LogP contribution in [0.25, 0.3) is 5.76 Å². The number of carbonyl (C=O) groups is 2. The molecule has 32 heavy (non-hydrogen) atoms. The molecular formula is C24H22N2O6. The molecule has 1 aromatic heterocycles. The van der Waals surface area contributed by atoms with Crippen LogP contribution in [0.3, 0.4) is 0 Å². The van der Waals surface area contributed by atoms with Gasteiger partial charge < -0.3 is 19.1 Å². The predicted octanol–water partition coefficient (Wildman–Crippen LogP) is 3.93. The van der Waals surface area contributed by atoms with E-state index >= 15 is 0 Å². The number of amides is 1. The minimum absolute atomic E-state index is 0.0367. The van der Waals surface area contributed by atoms with Gasteiger partial charge in [-0.3, -0.25) is 14.5 Å². The number of methoxy groups -OCH3 is 2. The Labute approximate surface area is 184 Å². The lowest BCUT2D eigenvalue weighted by Gasteiger charge is -2.23. The number of aliphatic hydroxyl groups excluding tert-OH is 1. The second-order valence-electron chi connectivity index (χ2n) is 7.42. The summed E-state index contributed by atoms with van der Waals surface area (Å²) < 4.78 is 15.6. The lowest BCUT2D eigenvalue weighted by molar-refractivity contribution is -0.132. The summed E-state index contributed by atoms with van der Waals surface area (Å²) in [4.78, 5) is 27.4. The fraction of sp³-hybridized carbons (Fsp3) is 0.208. The molecule has 0 radical (unpaired) electrons. The zero-order valence-electron chi connectivity index (χ0n) is 18.1. The Kier molecular flexibility index (Phi) is 5.44. The highest BCUT2D eigenvalue weighted by atomic mass is 16.5. The van der Waals surface area contributed by atoms with Crippen LogP contribution >= 0.6 is 0 Å². The third kappa shape index (κ3) is 3.49. The Bertz CT molecular complexity index is 1230. The van der Waals surface area contributed by atoms with E-state index in [9.17, 15) is 14.7 Å². The van der Waals surface area contributed by atoms with Crippen LogP contribution in [0, 0.1) is 13.8 Å². The van der Waals surface area contributed by atoms with Crippen LogP contribution < -0.4 is 14.4 Å².